The van der Waals surface area contributed by atoms with Gasteiger partial charge >= 0.3 is 0 Å². The molecule has 1 amide bonds. The van der Waals surface area contributed by atoms with Gasteiger partial charge in [0, 0.05) is 25.3 Å². The van der Waals surface area contributed by atoms with Crippen molar-refractivity contribution in [1.82, 2.24) is 14.7 Å². The number of amides is 1. The van der Waals surface area contributed by atoms with Crippen molar-refractivity contribution in [3.05, 3.63) is 18.0 Å². The van der Waals surface area contributed by atoms with E-state index in [2.05, 4.69) is 25.9 Å². The lowest BCUT2D eigenvalue weighted by Gasteiger charge is -2.38. The molecule has 0 saturated carbocycles. The van der Waals surface area contributed by atoms with Crippen molar-refractivity contribution in [2.75, 3.05) is 13.1 Å². The van der Waals surface area contributed by atoms with Crippen molar-refractivity contribution in [3.8, 4) is 0 Å². The van der Waals surface area contributed by atoms with Gasteiger partial charge in [0.1, 0.15) is 5.69 Å². The number of hydrogen-bond acceptors (Lipinski definition) is 2. The second-order valence-corrected chi connectivity index (χ2v) is 4.76. The van der Waals surface area contributed by atoms with E-state index in [1.54, 1.807) is 0 Å². The highest BCUT2D eigenvalue weighted by Gasteiger charge is 2.30. The molecule has 0 N–H and O–H groups in total. The summed E-state index contributed by atoms with van der Waals surface area (Å²) >= 11 is 0. The molecule has 0 spiro atoms. The van der Waals surface area contributed by atoms with Crippen molar-refractivity contribution < 1.29 is 4.79 Å². The molecule has 4 heteroatoms. The Morgan fingerprint density at radius 1 is 1.56 bits per heavy atom. The van der Waals surface area contributed by atoms with Gasteiger partial charge in [-0.3, -0.25) is 9.48 Å². The Kier molecular flexibility index (Phi) is 2.99. The van der Waals surface area contributed by atoms with Gasteiger partial charge < -0.3 is 4.90 Å². The summed E-state index contributed by atoms with van der Waals surface area (Å²) in [4.78, 5) is 13.9. The summed E-state index contributed by atoms with van der Waals surface area (Å²) in [5.41, 5.74) is 0.572. The van der Waals surface area contributed by atoms with Gasteiger partial charge in [0.05, 0.1) is 0 Å². The molecule has 2 rings (SSSR count). The lowest BCUT2D eigenvalue weighted by Crippen LogP contribution is -2.49. The van der Waals surface area contributed by atoms with Gasteiger partial charge in [-0.25, -0.2) is 0 Å². The van der Waals surface area contributed by atoms with Crippen LogP contribution in [0.2, 0.25) is 0 Å². The molecule has 1 aliphatic heterocycles. The summed E-state index contributed by atoms with van der Waals surface area (Å²) in [5, 5.41) is 4.29. The molecule has 0 radical (unpaired) electrons. The molecule has 2 heterocycles. The molecule has 0 bridgehead atoms. The molecule has 0 unspecified atom stereocenters. The number of carbonyl (C=O) groups is 1. The quantitative estimate of drug-likeness (QED) is 0.782. The van der Waals surface area contributed by atoms with Gasteiger partial charge in [-0.2, -0.15) is 5.10 Å². The van der Waals surface area contributed by atoms with Crippen LogP contribution in [0.25, 0.3) is 0 Å². The Labute approximate surface area is 96.2 Å². The smallest absolute Gasteiger partial charge is 0.274 e. The van der Waals surface area contributed by atoms with E-state index in [-0.39, 0.29) is 5.91 Å². The Bertz CT molecular complexity index is 377. The van der Waals surface area contributed by atoms with Crippen molar-refractivity contribution in [3.63, 3.8) is 0 Å². The number of aromatic nitrogens is 2. The number of likely N-dealkylation sites (tertiary alicyclic amines) is 1. The summed E-state index contributed by atoms with van der Waals surface area (Å²) in [6, 6.07) is 2.11. The molecule has 1 fully saturated rings. The molecule has 0 aromatic carbocycles. The van der Waals surface area contributed by atoms with Gasteiger partial charge in [-0.1, -0.05) is 6.92 Å². The molecule has 1 saturated heterocycles. The fraction of sp³-hybridized carbons (Fsp3) is 0.667. The maximum absolute atomic E-state index is 12.0. The van der Waals surface area contributed by atoms with Crippen LogP contribution in [0.1, 0.15) is 43.7 Å². The van der Waals surface area contributed by atoms with Crippen molar-refractivity contribution in [2.45, 2.75) is 33.2 Å². The Hall–Kier alpha value is -1.32. The fourth-order valence-corrected chi connectivity index (χ4v) is 1.90. The third-order valence-corrected chi connectivity index (χ3v) is 3.18. The molecule has 88 valence electrons. The molecule has 1 aromatic heterocycles. The van der Waals surface area contributed by atoms with E-state index < -0.39 is 0 Å². The third kappa shape index (κ3) is 1.96. The number of nitrogens with zero attached hydrogens (tertiary/aromatic N) is 3. The zero-order valence-corrected chi connectivity index (χ0v) is 10.2. The van der Waals surface area contributed by atoms with Gasteiger partial charge in [-0.15, -0.1) is 0 Å². The molecule has 1 aromatic rings. The van der Waals surface area contributed by atoms with E-state index in [0.717, 1.165) is 19.5 Å². The first-order valence-corrected chi connectivity index (χ1v) is 5.96. The molecule has 16 heavy (non-hydrogen) atoms. The van der Waals surface area contributed by atoms with Gasteiger partial charge in [0.2, 0.25) is 0 Å². The summed E-state index contributed by atoms with van der Waals surface area (Å²) < 4.78 is 1.82. The maximum atomic E-state index is 12.0. The van der Waals surface area contributed by atoms with Crippen LogP contribution >= 0.6 is 0 Å². The lowest BCUT2D eigenvalue weighted by atomic mass is 9.97. The topological polar surface area (TPSA) is 38.1 Å². The minimum atomic E-state index is 0.0732. The van der Waals surface area contributed by atoms with Crippen molar-refractivity contribution >= 4 is 5.91 Å². The first-order valence-electron chi connectivity index (χ1n) is 5.96. The van der Waals surface area contributed by atoms with Crippen LogP contribution in [0.4, 0.5) is 0 Å². The Balaban J connectivity index is 1.99. The minimum absolute atomic E-state index is 0.0732. The highest BCUT2D eigenvalue weighted by molar-refractivity contribution is 5.92. The molecular weight excluding hydrogens is 202 g/mol. The summed E-state index contributed by atoms with van der Waals surface area (Å²) in [6.45, 7) is 8.06. The van der Waals surface area contributed by atoms with Crippen LogP contribution in [-0.4, -0.2) is 33.7 Å². The molecular formula is C12H19N3O. The lowest BCUT2D eigenvalue weighted by molar-refractivity contribution is 0.0487. The highest BCUT2D eigenvalue weighted by Crippen LogP contribution is 2.20. The predicted octanol–water partition coefficient (Wildman–Crippen LogP) is 1.95. The van der Waals surface area contributed by atoms with Gasteiger partial charge in [0.25, 0.3) is 5.91 Å². The van der Waals surface area contributed by atoms with E-state index in [1.165, 1.54) is 0 Å². The van der Waals surface area contributed by atoms with Crippen molar-refractivity contribution in [2.24, 2.45) is 5.92 Å². The van der Waals surface area contributed by atoms with Crippen LogP contribution in [0.15, 0.2) is 12.3 Å². The van der Waals surface area contributed by atoms with Crippen molar-refractivity contribution in [1.29, 1.82) is 0 Å². The normalized spacial score (nSPS) is 16.6. The highest BCUT2D eigenvalue weighted by atomic mass is 16.2. The van der Waals surface area contributed by atoms with Crippen LogP contribution < -0.4 is 0 Å². The van der Waals surface area contributed by atoms with Crippen LogP contribution in [0, 0.1) is 5.92 Å². The summed E-state index contributed by atoms with van der Waals surface area (Å²) in [7, 11) is 0. The van der Waals surface area contributed by atoms with Gasteiger partial charge in [-0.05, 0) is 32.3 Å². The minimum Gasteiger partial charge on any atom is -0.337 e. The molecule has 4 nitrogen and oxygen atoms in total. The van der Waals surface area contributed by atoms with E-state index in [9.17, 15) is 4.79 Å². The van der Waals surface area contributed by atoms with E-state index in [1.807, 2.05) is 21.8 Å². The van der Waals surface area contributed by atoms with E-state index >= 15 is 0 Å². The average Bonchev–Trinajstić information content (AvgIpc) is 2.64. The van der Waals surface area contributed by atoms with E-state index in [0.29, 0.717) is 17.7 Å². The molecule has 1 aliphatic rings. The number of carbonyl (C=O) groups excluding carboxylic acids is 1. The maximum Gasteiger partial charge on any atom is 0.274 e. The third-order valence-electron chi connectivity index (χ3n) is 3.18. The zero-order chi connectivity index (χ0) is 11.7. The number of rotatable bonds is 3. The second kappa shape index (κ2) is 4.28. The van der Waals surface area contributed by atoms with Crippen LogP contribution in [0.5, 0.6) is 0 Å². The molecule has 0 aliphatic carbocycles. The average molecular weight is 221 g/mol. The first kappa shape index (κ1) is 11.2. The van der Waals surface area contributed by atoms with Crippen LogP contribution in [-0.2, 0) is 0 Å². The summed E-state index contributed by atoms with van der Waals surface area (Å²) in [5.74, 6) is 0.764. The standard InChI is InChI=1S/C12H19N3O/c1-4-10-7-14(8-10)12(16)11-5-6-15(13-11)9(2)3/h5-6,9-10H,4,7-8H2,1-3H3. The Morgan fingerprint density at radius 3 is 2.75 bits per heavy atom. The SMILES string of the molecule is CCC1CN(C(=O)c2ccn(C(C)C)n2)C1. The largest absolute Gasteiger partial charge is 0.337 e. The molecule has 0 atom stereocenters. The number of hydrogen-bond donors (Lipinski definition) is 0. The van der Waals surface area contributed by atoms with Gasteiger partial charge in [0.15, 0.2) is 0 Å². The zero-order valence-electron chi connectivity index (χ0n) is 10.2. The predicted molar refractivity (Wildman–Crippen MR) is 62.3 cm³/mol. The monoisotopic (exact) mass is 221 g/mol. The summed E-state index contributed by atoms with van der Waals surface area (Å²) in [6.07, 6.45) is 3.03. The fourth-order valence-electron chi connectivity index (χ4n) is 1.90. The Morgan fingerprint density at radius 2 is 2.25 bits per heavy atom. The van der Waals surface area contributed by atoms with E-state index in [4.69, 9.17) is 0 Å². The second-order valence-electron chi connectivity index (χ2n) is 4.76. The van der Waals surface area contributed by atoms with Crippen LogP contribution in [0.3, 0.4) is 0 Å². The first-order chi connectivity index (χ1) is 7.61.